The number of anilines is 1. The van der Waals surface area contributed by atoms with E-state index in [1.54, 1.807) is 12.4 Å². The number of imidazole rings is 1. The maximum Gasteiger partial charge on any atom is 0.322 e. The van der Waals surface area contributed by atoms with Gasteiger partial charge in [-0.15, -0.1) is 0 Å². The molecule has 0 fully saturated rings. The molecular formula is C8H10N6OS. The Morgan fingerprint density at radius 3 is 3.00 bits per heavy atom. The van der Waals surface area contributed by atoms with Gasteiger partial charge in [-0.05, 0) is 18.7 Å². The van der Waals surface area contributed by atoms with Crippen LogP contribution in [-0.2, 0) is 0 Å². The molecule has 0 unspecified atom stereocenters. The van der Waals surface area contributed by atoms with E-state index in [4.69, 9.17) is 10.5 Å². The lowest BCUT2D eigenvalue weighted by Crippen LogP contribution is -2.04. The van der Waals surface area contributed by atoms with Crippen LogP contribution in [0, 0.1) is 0 Å². The minimum absolute atomic E-state index is 0.132. The van der Waals surface area contributed by atoms with Crippen LogP contribution < -0.4 is 10.5 Å². The first-order valence-corrected chi connectivity index (χ1v) is 5.41. The number of ether oxygens (including phenoxy) is 1. The van der Waals surface area contributed by atoms with Gasteiger partial charge in [0.2, 0.25) is 11.1 Å². The highest BCUT2D eigenvalue weighted by molar-refractivity contribution is 7.99. The van der Waals surface area contributed by atoms with Gasteiger partial charge in [-0.3, -0.25) is 0 Å². The lowest BCUT2D eigenvalue weighted by Gasteiger charge is -2.02. The number of rotatable bonds is 4. The Bertz CT molecular complexity index is 460. The molecule has 84 valence electrons. The number of H-pyrrole nitrogens is 1. The molecule has 2 heterocycles. The lowest BCUT2D eigenvalue weighted by molar-refractivity contribution is 0.308. The Morgan fingerprint density at radius 1 is 1.44 bits per heavy atom. The van der Waals surface area contributed by atoms with Gasteiger partial charge in [0.1, 0.15) is 0 Å². The van der Waals surface area contributed by atoms with Crippen molar-refractivity contribution in [3.05, 3.63) is 12.4 Å². The van der Waals surface area contributed by atoms with Gasteiger partial charge in [0.25, 0.3) is 0 Å². The third kappa shape index (κ3) is 2.60. The van der Waals surface area contributed by atoms with Gasteiger partial charge in [0.15, 0.2) is 5.16 Å². The average molecular weight is 238 g/mol. The first kappa shape index (κ1) is 10.7. The van der Waals surface area contributed by atoms with E-state index in [9.17, 15) is 0 Å². The number of nitrogens with one attached hydrogen (secondary N) is 1. The van der Waals surface area contributed by atoms with E-state index >= 15 is 0 Å². The van der Waals surface area contributed by atoms with E-state index in [0.717, 1.165) is 0 Å². The second-order valence-corrected chi connectivity index (χ2v) is 3.64. The third-order valence-corrected chi connectivity index (χ3v) is 2.33. The number of aromatic amines is 1. The fraction of sp³-hybridized carbons (Fsp3) is 0.250. The molecule has 0 amide bonds. The lowest BCUT2D eigenvalue weighted by atomic mass is 10.8. The van der Waals surface area contributed by atoms with Crippen molar-refractivity contribution in [2.75, 3.05) is 12.3 Å². The van der Waals surface area contributed by atoms with Crippen LogP contribution in [0.1, 0.15) is 6.92 Å². The van der Waals surface area contributed by atoms with Crippen LogP contribution >= 0.6 is 11.8 Å². The quantitative estimate of drug-likeness (QED) is 0.809. The van der Waals surface area contributed by atoms with Gasteiger partial charge in [0, 0.05) is 12.4 Å². The molecule has 0 spiro atoms. The van der Waals surface area contributed by atoms with Gasteiger partial charge in [0.05, 0.1) is 6.61 Å². The summed E-state index contributed by atoms with van der Waals surface area (Å²) in [6, 6.07) is 0.226. The molecule has 0 saturated heterocycles. The monoisotopic (exact) mass is 238 g/mol. The molecule has 7 nitrogen and oxygen atoms in total. The maximum atomic E-state index is 5.53. The van der Waals surface area contributed by atoms with Crippen LogP contribution in [0.3, 0.4) is 0 Å². The summed E-state index contributed by atoms with van der Waals surface area (Å²) in [5.74, 6) is 0.132. The molecule has 0 radical (unpaired) electrons. The molecule has 2 aromatic heterocycles. The maximum absolute atomic E-state index is 5.53. The summed E-state index contributed by atoms with van der Waals surface area (Å²) in [7, 11) is 0. The van der Waals surface area contributed by atoms with Gasteiger partial charge >= 0.3 is 6.01 Å². The SMILES string of the molecule is CCOc1nc(N)nc(Sc2ncc[nH]2)n1. The molecule has 0 bridgehead atoms. The summed E-state index contributed by atoms with van der Waals surface area (Å²) >= 11 is 1.26. The highest BCUT2D eigenvalue weighted by Gasteiger charge is 2.07. The first-order chi connectivity index (χ1) is 7.78. The second-order valence-electron chi connectivity index (χ2n) is 2.69. The van der Waals surface area contributed by atoms with Crippen molar-refractivity contribution < 1.29 is 4.74 Å². The predicted molar refractivity (Wildman–Crippen MR) is 58.1 cm³/mol. The number of nitrogens with two attached hydrogens (primary N) is 1. The average Bonchev–Trinajstić information content (AvgIpc) is 2.70. The van der Waals surface area contributed by atoms with Crippen LogP contribution in [0.2, 0.25) is 0 Å². The van der Waals surface area contributed by atoms with Crippen LogP contribution in [0.4, 0.5) is 5.95 Å². The molecule has 0 saturated carbocycles. The van der Waals surface area contributed by atoms with Gasteiger partial charge in [-0.25, -0.2) is 4.98 Å². The van der Waals surface area contributed by atoms with E-state index in [0.29, 0.717) is 16.9 Å². The van der Waals surface area contributed by atoms with E-state index in [1.807, 2.05) is 6.92 Å². The Kier molecular flexibility index (Phi) is 3.20. The molecular weight excluding hydrogens is 228 g/mol. The van der Waals surface area contributed by atoms with Crippen LogP contribution in [0.15, 0.2) is 22.7 Å². The number of nitrogen functional groups attached to an aromatic ring is 1. The van der Waals surface area contributed by atoms with Crippen LogP contribution in [0.5, 0.6) is 6.01 Å². The van der Waals surface area contributed by atoms with E-state index in [-0.39, 0.29) is 12.0 Å². The Hall–Kier alpha value is -1.83. The van der Waals surface area contributed by atoms with E-state index in [2.05, 4.69) is 24.9 Å². The molecule has 2 aromatic rings. The zero-order valence-corrected chi connectivity index (χ0v) is 9.36. The number of hydrogen-bond donors (Lipinski definition) is 2. The van der Waals surface area contributed by atoms with E-state index < -0.39 is 0 Å². The first-order valence-electron chi connectivity index (χ1n) is 4.59. The van der Waals surface area contributed by atoms with Gasteiger partial charge in [-0.2, -0.15) is 15.0 Å². The zero-order chi connectivity index (χ0) is 11.4. The summed E-state index contributed by atoms with van der Waals surface area (Å²) in [6.45, 7) is 2.33. The molecule has 3 N–H and O–H groups in total. The number of aromatic nitrogens is 5. The smallest absolute Gasteiger partial charge is 0.322 e. The van der Waals surface area contributed by atoms with Crippen molar-refractivity contribution in [2.45, 2.75) is 17.2 Å². The molecule has 16 heavy (non-hydrogen) atoms. The molecule has 0 atom stereocenters. The topological polar surface area (TPSA) is 103 Å². The molecule has 2 rings (SSSR count). The number of hydrogen-bond acceptors (Lipinski definition) is 7. The zero-order valence-electron chi connectivity index (χ0n) is 8.54. The highest BCUT2D eigenvalue weighted by atomic mass is 32.2. The minimum Gasteiger partial charge on any atom is -0.464 e. The summed E-state index contributed by atoms with van der Waals surface area (Å²) < 4.78 is 5.16. The summed E-state index contributed by atoms with van der Waals surface area (Å²) in [5, 5.41) is 1.14. The third-order valence-electron chi connectivity index (χ3n) is 1.55. The molecule has 0 aliphatic heterocycles. The van der Waals surface area contributed by atoms with Crippen molar-refractivity contribution in [1.82, 2.24) is 24.9 Å². The van der Waals surface area contributed by atoms with Crippen molar-refractivity contribution in [1.29, 1.82) is 0 Å². The molecule has 0 aliphatic rings. The van der Waals surface area contributed by atoms with E-state index in [1.165, 1.54) is 11.8 Å². The van der Waals surface area contributed by atoms with Gasteiger partial charge < -0.3 is 15.5 Å². The van der Waals surface area contributed by atoms with Crippen LogP contribution in [-0.4, -0.2) is 31.5 Å². The Labute approximate surface area is 95.9 Å². The predicted octanol–water partition coefficient (Wildman–Crippen LogP) is 0.727. The Morgan fingerprint density at radius 2 is 2.31 bits per heavy atom. The van der Waals surface area contributed by atoms with Crippen molar-refractivity contribution >= 4 is 17.7 Å². The van der Waals surface area contributed by atoms with Crippen molar-refractivity contribution in [3.8, 4) is 6.01 Å². The van der Waals surface area contributed by atoms with Crippen LogP contribution in [0.25, 0.3) is 0 Å². The second kappa shape index (κ2) is 4.79. The summed E-state index contributed by atoms with van der Waals surface area (Å²) in [6.07, 6.45) is 3.37. The molecule has 0 aromatic carbocycles. The standard InChI is InChI=1S/C8H10N6OS/c1-2-15-6-12-5(9)13-8(14-6)16-7-10-3-4-11-7/h3-4H,2H2,1H3,(H,10,11)(H2,9,12,13,14). The number of nitrogens with zero attached hydrogens (tertiary/aromatic N) is 4. The normalized spacial score (nSPS) is 10.3. The fourth-order valence-electron chi connectivity index (χ4n) is 0.985. The Balaban J connectivity index is 2.20. The van der Waals surface area contributed by atoms with Gasteiger partial charge in [-0.1, -0.05) is 0 Å². The molecule has 0 aliphatic carbocycles. The largest absolute Gasteiger partial charge is 0.464 e. The highest BCUT2D eigenvalue weighted by Crippen LogP contribution is 2.22. The van der Waals surface area contributed by atoms with Crippen molar-refractivity contribution in [3.63, 3.8) is 0 Å². The minimum atomic E-state index is 0.132. The fourth-order valence-corrected chi connectivity index (χ4v) is 1.66. The summed E-state index contributed by atoms with van der Waals surface area (Å²) in [5.41, 5.74) is 5.53. The molecule has 8 heteroatoms. The summed E-state index contributed by atoms with van der Waals surface area (Å²) in [4.78, 5) is 18.9. The van der Waals surface area contributed by atoms with Crippen molar-refractivity contribution in [2.24, 2.45) is 0 Å².